The Balaban J connectivity index is 1.74. The Kier molecular flexibility index (Phi) is 9.29. The Morgan fingerprint density at radius 2 is 1.38 bits per heavy atom. The van der Waals surface area contributed by atoms with Crippen LogP contribution in [0.1, 0.15) is 43.9 Å². The van der Waals surface area contributed by atoms with E-state index in [-0.39, 0.29) is 11.9 Å². The first-order valence-corrected chi connectivity index (χ1v) is 15.8. The van der Waals surface area contributed by atoms with Gasteiger partial charge in [-0.25, -0.2) is 4.79 Å². The van der Waals surface area contributed by atoms with E-state index in [1.165, 1.54) is 0 Å². The molecule has 40 heavy (non-hydrogen) atoms. The molecule has 0 N–H and O–H groups in total. The number of rotatable bonds is 7. The largest absolute Gasteiger partial charge is 0.444 e. The monoisotopic (exact) mass is 577 g/mol. The maximum Gasteiger partial charge on any atom is 0.411 e. The number of carbonyl (C=O) groups is 1. The van der Waals surface area contributed by atoms with Crippen molar-refractivity contribution < 1.29 is 22.1 Å². The molecule has 0 aliphatic carbocycles. The molecule has 0 saturated carbocycles. The van der Waals surface area contributed by atoms with Crippen LogP contribution in [0, 0.1) is 11.8 Å². The third-order valence-corrected chi connectivity index (χ3v) is 8.67. The minimum absolute atomic E-state index is 0.00302. The molecule has 1 aliphatic heterocycles. The molecule has 0 aromatic heterocycles. The van der Waals surface area contributed by atoms with Gasteiger partial charge in [0.2, 0.25) is 0 Å². The first kappa shape index (κ1) is 29.7. The molecule has 210 valence electrons. The number of hydrogen-bond acceptors (Lipinski definition) is 6. The Hall–Kier alpha value is -3.25. The lowest BCUT2D eigenvalue weighted by Gasteiger charge is -2.37. The fourth-order valence-electron chi connectivity index (χ4n) is 4.81. The Morgan fingerprint density at radius 3 is 1.80 bits per heavy atom. The van der Waals surface area contributed by atoms with Crippen LogP contribution in [-0.4, -0.2) is 55.7 Å². The molecule has 4 rings (SSSR count). The number of nitrogens with zero attached hydrogens (tertiary/aromatic N) is 1. The summed E-state index contributed by atoms with van der Waals surface area (Å²) in [6.07, 6.45) is 1.13. The zero-order valence-electron chi connectivity index (χ0n) is 23.2. The highest BCUT2D eigenvalue weighted by molar-refractivity contribution is 8.01. The Morgan fingerprint density at radius 1 is 0.900 bits per heavy atom. The lowest BCUT2D eigenvalue weighted by molar-refractivity contribution is 0.0261. The minimum atomic E-state index is -3.61. The summed E-state index contributed by atoms with van der Waals surface area (Å²) in [7, 11) is -3.61. The highest BCUT2D eigenvalue weighted by Crippen LogP contribution is 2.52. The highest BCUT2D eigenvalue weighted by atomic mass is 32.2. The molecule has 6 nitrogen and oxygen atoms in total. The van der Waals surface area contributed by atoms with Gasteiger partial charge in [0.05, 0.1) is 17.0 Å². The molecular weight excluding hydrogens is 542 g/mol. The van der Waals surface area contributed by atoms with Gasteiger partial charge in [0, 0.05) is 11.8 Å². The maximum absolute atomic E-state index is 13.3. The predicted molar refractivity (Wildman–Crippen MR) is 161 cm³/mol. The number of amides is 1. The molecule has 0 bridgehead atoms. The molecule has 1 heterocycles. The van der Waals surface area contributed by atoms with Crippen LogP contribution in [0.5, 0.6) is 0 Å². The van der Waals surface area contributed by atoms with Crippen LogP contribution in [-0.2, 0) is 23.8 Å². The smallest absolute Gasteiger partial charge is 0.411 e. The van der Waals surface area contributed by atoms with Crippen LogP contribution < -0.4 is 0 Å². The van der Waals surface area contributed by atoms with Crippen LogP contribution in [0.2, 0.25) is 0 Å². The Bertz CT molecular complexity index is 1350. The van der Waals surface area contributed by atoms with Gasteiger partial charge in [-0.2, -0.15) is 8.42 Å². The second kappa shape index (κ2) is 12.5. The quantitative estimate of drug-likeness (QED) is 0.193. The van der Waals surface area contributed by atoms with E-state index in [9.17, 15) is 13.2 Å². The van der Waals surface area contributed by atoms with E-state index in [1.54, 1.807) is 16.7 Å². The van der Waals surface area contributed by atoms with Crippen LogP contribution in [0.3, 0.4) is 0 Å². The molecule has 1 saturated heterocycles. The summed E-state index contributed by atoms with van der Waals surface area (Å²) in [5.74, 6) is 5.88. The number of likely N-dealkylation sites (tertiary alicyclic amines) is 1. The van der Waals surface area contributed by atoms with Crippen molar-refractivity contribution in [3.63, 3.8) is 0 Å². The van der Waals surface area contributed by atoms with E-state index >= 15 is 0 Å². The molecule has 1 amide bonds. The fourth-order valence-corrected chi connectivity index (χ4v) is 6.91. The van der Waals surface area contributed by atoms with Crippen molar-refractivity contribution >= 4 is 28.0 Å². The first-order chi connectivity index (χ1) is 19.0. The molecule has 8 heteroatoms. The van der Waals surface area contributed by atoms with E-state index in [2.05, 4.69) is 48.2 Å². The van der Waals surface area contributed by atoms with Crippen LogP contribution in [0.25, 0.3) is 0 Å². The fraction of sp³-hybridized carbons (Fsp3) is 0.344. The molecule has 1 fully saturated rings. The Labute approximate surface area is 242 Å². The van der Waals surface area contributed by atoms with Crippen molar-refractivity contribution in [3.8, 4) is 11.8 Å². The van der Waals surface area contributed by atoms with Gasteiger partial charge in [-0.1, -0.05) is 103 Å². The predicted octanol–water partition coefficient (Wildman–Crippen LogP) is 6.07. The number of thioether (sulfide) groups is 1. The van der Waals surface area contributed by atoms with Gasteiger partial charge < -0.3 is 4.74 Å². The van der Waals surface area contributed by atoms with Crippen molar-refractivity contribution in [2.45, 2.75) is 48.8 Å². The average Bonchev–Trinajstić information content (AvgIpc) is 3.32. The van der Waals surface area contributed by atoms with E-state index in [1.807, 2.05) is 75.4 Å². The molecule has 0 radical (unpaired) electrons. The molecule has 0 unspecified atom stereocenters. The van der Waals surface area contributed by atoms with Crippen LogP contribution in [0.15, 0.2) is 91.0 Å². The van der Waals surface area contributed by atoms with Crippen LogP contribution >= 0.6 is 11.8 Å². The molecule has 0 spiro atoms. The first-order valence-electron chi connectivity index (χ1n) is 13.1. The molecule has 3 aromatic rings. The topological polar surface area (TPSA) is 72.9 Å². The molecule has 3 aromatic carbocycles. The van der Waals surface area contributed by atoms with Crippen molar-refractivity contribution in [2.75, 3.05) is 19.4 Å². The maximum atomic E-state index is 13.3. The van der Waals surface area contributed by atoms with Gasteiger partial charge in [0.25, 0.3) is 10.1 Å². The second-order valence-corrected chi connectivity index (χ2v) is 13.8. The summed E-state index contributed by atoms with van der Waals surface area (Å²) >= 11 is 1.80. The zero-order chi connectivity index (χ0) is 28.8. The lowest BCUT2D eigenvalue weighted by atomic mass is 9.84. The number of ether oxygens (including phenoxy) is 1. The van der Waals surface area contributed by atoms with Gasteiger partial charge in [0.15, 0.2) is 0 Å². The van der Waals surface area contributed by atoms with Gasteiger partial charge in [0.1, 0.15) is 12.2 Å². The standard InChI is InChI=1S/C32H35NO5S2/c1-31(2,3)38-30(34)33-24-29(23-28(33)21-14-22-37-40(4,35)36)39-32(25-15-8-5-9-16-25,26-17-10-6-11-18-26)27-19-12-7-13-20-27/h5-13,15-20,28-29H,22-24H2,1-4H3/t28-,29+/m1/s1. The van der Waals surface area contributed by atoms with Crippen molar-refractivity contribution in [2.24, 2.45) is 0 Å². The number of benzene rings is 3. The summed E-state index contributed by atoms with van der Waals surface area (Å²) in [5.41, 5.74) is 2.74. The van der Waals surface area contributed by atoms with Gasteiger partial charge in [-0.05, 0) is 43.9 Å². The number of carbonyl (C=O) groups excluding carboxylic acids is 1. The normalized spacial score (nSPS) is 17.6. The molecular formula is C32H35NO5S2. The van der Waals surface area contributed by atoms with E-state index in [4.69, 9.17) is 8.92 Å². The van der Waals surface area contributed by atoms with E-state index in [0.717, 1.165) is 22.9 Å². The SMILES string of the molecule is CC(C)(C)OC(=O)N1C[C@@H](SC(c2ccccc2)(c2ccccc2)c2ccccc2)C[C@H]1C#CCOS(C)(=O)=O. The zero-order valence-corrected chi connectivity index (χ0v) is 24.9. The van der Waals surface area contributed by atoms with E-state index in [0.29, 0.717) is 13.0 Å². The summed E-state index contributed by atoms with van der Waals surface area (Å²) in [6.45, 7) is 5.66. The summed E-state index contributed by atoms with van der Waals surface area (Å²) in [5, 5.41) is 0.00302. The van der Waals surface area contributed by atoms with Crippen molar-refractivity contribution in [3.05, 3.63) is 108 Å². The molecule has 1 aliphatic rings. The molecule has 2 atom stereocenters. The minimum Gasteiger partial charge on any atom is -0.444 e. The summed E-state index contributed by atoms with van der Waals surface area (Å²) in [4.78, 5) is 14.9. The third kappa shape index (κ3) is 7.48. The average molecular weight is 578 g/mol. The van der Waals surface area contributed by atoms with Crippen molar-refractivity contribution in [1.29, 1.82) is 0 Å². The summed E-state index contributed by atoms with van der Waals surface area (Å²) in [6, 6.07) is 30.8. The third-order valence-electron chi connectivity index (χ3n) is 6.39. The summed E-state index contributed by atoms with van der Waals surface area (Å²) < 4.78 is 32.8. The number of hydrogen-bond donors (Lipinski definition) is 0. The highest BCUT2D eigenvalue weighted by Gasteiger charge is 2.44. The van der Waals surface area contributed by atoms with Gasteiger partial charge in [-0.15, -0.1) is 11.8 Å². The van der Waals surface area contributed by atoms with Crippen LogP contribution in [0.4, 0.5) is 4.79 Å². The second-order valence-electron chi connectivity index (χ2n) is 10.7. The van der Waals surface area contributed by atoms with Gasteiger partial charge >= 0.3 is 6.09 Å². The van der Waals surface area contributed by atoms with Crippen molar-refractivity contribution in [1.82, 2.24) is 4.90 Å². The van der Waals surface area contributed by atoms with Gasteiger partial charge in [-0.3, -0.25) is 9.08 Å². The lowest BCUT2D eigenvalue weighted by Crippen LogP contribution is -2.39. The van der Waals surface area contributed by atoms with E-state index < -0.39 is 32.6 Å².